The van der Waals surface area contributed by atoms with Crippen LogP contribution < -0.4 is 5.43 Å². The number of halogens is 2. The standard InChI is InChI=1S/C19H10Cl2N2O2S3/c20-11-7-5-10(6-8-11)9-14-18(25)23(19(26)28-14)22-17(24)16-15(21)12-3-1-2-4-13(12)27-16/h1-9H,(H,22,24)/b14-9-. The summed E-state index contributed by atoms with van der Waals surface area (Å²) >= 11 is 19.9. The molecule has 1 fully saturated rings. The molecule has 4 rings (SSSR count). The molecule has 4 nitrogen and oxygen atoms in total. The van der Waals surface area contributed by atoms with E-state index in [1.165, 1.54) is 11.3 Å². The first-order chi connectivity index (χ1) is 13.4. The van der Waals surface area contributed by atoms with E-state index in [1.54, 1.807) is 30.3 Å². The van der Waals surface area contributed by atoms with Gasteiger partial charge in [-0.05, 0) is 42.1 Å². The van der Waals surface area contributed by atoms with Crippen molar-refractivity contribution < 1.29 is 9.59 Å². The lowest BCUT2D eigenvalue weighted by atomic mass is 10.2. The number of hydrogen-bond donors (Lipinski definition) is 1. The highest BCUT2D eigenvalue weighted by molar-refractivity contribution is 8.26. The second-order valence-electron chi connectivity index (χ2n) is 5.75. The summed E-state index contributed by atoms with van der Waals surface area (Å²) in [5.74, 6) is -0.870. The number of nitrogens with one attached hydrogen (secondary N) is 1. The molecular weight excluding hydrogens is 455 g/mol. The summed E-state index contributed by atoms with van der Waals surface area (Å²) in [5, 5.41) is 2.84. The Morgan fingerprint density at radius 1 is 1.11 bits per heavy atom. The number of thioether (sulfide) groups is 1. The first kappa shape index (κ1) is 19.4. The monoisotopic (exact) mass is 464 g/mol. The summed E-state index contributed by atoms with van der Waals surface area (Å²) in [7, 11) is 0. The fourth-order valence-electron chi connectivity index (χ4n) is 2.59. The molecule has 1 aliphatic heterocycles. The van der Waals surface area contributed by atoms with Gasteiger partial charge in [-0.1, -0.05) is 65.3 Å². The largest absolute Gasteiger partial charge is 0.285 e. The van der Waals surface area contributed by atoms with Crippen molar-refractivity contribution in [3.8, 4) is 0 Å². The van der Waals surface area contributed by atoms with Gasteiger partial charge in [0.05, 0.1) is 9.93 Å². The minimum Gasteiger partial charge on any atom is -0.266 e. The van der Waals surface area contributed by atoms with Gasteiger partial charge in [-0.25, -0.2) is 0 Å². The van der Waals surface area contributed by atoms with Crippen LogP contribution in [0.3, 0.4) is 0 Å². The first-order valence-corrected chi connectivity index (χ1v) is 10.8. The zero-order chi connectivity index (χ0) is 19.8. The van der Waals surface area contributed by atoms with E-state index in [-0.39, 0.29) is 4.32 Å². The summed E-state index contributed by atoms with van der Waals surface area (Å²) in [5.41, 5.74) is 3.38. The van der Waals surface area contributed by atoms with E-state index in [0.717, 1.165) is 32.4 Å². The average molecular weight is 465 g/mol. The number of carbonyl (C=O) groups is 2. The van der Waals surface area contributed by atoms with Gasteiger partial charge in [0, 0.05) is 15.1 Å². The van der Waals surface area contributed by atoms with Crippen LogP contribution in [0.15, 0.2) is 53.4 Å². The zero-order valence-corrected chi connectivity index (χ0v) is 17.9. The molecule has 1 N–H and O–H groups in total. The molecule has 0 unspecified atom stereocenters. The number of thiophene rings is 1. The fourth-order valence-corrected chi connectivity index (χ4v) is 5.30. The van der Waals surface area contributed by atoms with Gasteiger partial charge in [0.25, 0.3) is 11.8 Å². The topological polar surface area (TPSA) is 49.4 Å². The maximum atomic E-state index is 12.7. The van der Waals surface area contributed by atoms with Crippen molar-refractivity contribution in [2.24, 2.45) is 0 Å². The molecule has 3 aromatic rings. The normalized spacial score (nSPS) is 15.6. The van der Waals surface area contributed by atoms with Gasteiger partial charge in [-0.3, -0.25) is 15.0 Å². The van der Waals surface area contributed by atoms with Crippen LogP contribution in [0.4, 0.5) is 0 Å². The quantitative estimate of drug-likeness (QED) is 0.395. The molecule has 9 heteroatoms. The molecule has 1 aliphatic rings. The first-order valence-electron chi connectivity index (χ1n) is 7.95. The second-order valence-corrected chi connectivity index (χ2v) is 9.29. The fraction of sp³-hybridized carbons (Fsp3) is 0. The molecule has 0 saturated carbocycles. The molecule has 1 saturated heterocycles. The highest BCUT2D eigenvalue weighted by Gasteiger charge is 2.34. The van der Waals surface area contributed by atoms with Crippen LogP contribution in [0.25, 0.3) is 16.2 Å². The highest BCUT2D eigenvalue weighted by Crippen LogP contribution is 2.36. The van der Waals surface area contributed by atoms with Crippen molar-refractivity contribution in [1.82, 2.24) is 10.4 Å². The number of benzene rings is 2. The van der Waals surface area contributed by atoms with Crippen LogP contribution in [-0.4, -0.2) is 21.1 Å². The summed E-state index contributed by atoms with van der Waals surface area (Å²) in [6, 6.07) is 14.5. The molecular formula is C19H10Cl2N2O2S3. The minimum atomic E-state index is -0.477. The maximum absolute atomic E-state index is 12.7. The Bertz CT molecular complexity index is 1160. The summed E-state index contributed by atoms with van der Waals surface area (Å²) < 4.78 is 1.14. The van der Waals surface area contributed by atoms with Gasteiger partial charge in [0.1, 0.15) is 4.88 Å². The lowest BCUT2D eigenvalue weighted by molar-refractivity contribution is -0.123. The molecule has 140 valence electrons. The number of thiocarbonyl (C=S) groups is 1. The summed E-state index contributed by atoms with van der Waals surface area (Å²) in [6.07, 6.45) is 1.70. The smallest absolute Gasteiger partial charge is 0.266 e. The van der Waals surface area contributed by atoms with E-state index in [0.29, 0.717) is 19.8 Å². The molecule has 2 aromatic carbocycles. The molecule has 0 atom stereocenters. The third-order valence-electron chi connectivity index (χ3n) is 3.92. The number of hydrazine groups is 1. The number of rotatable bonds is 3. The third kappa shape index (κ3) is 3.68. The number of amides is 2. The lowest BCUT2D eigenvalue weighted by Crippen LogP contribution is -2.44. The number of fused-ring (bicyclic) bond motifs is 1. The van der Waals surface area contributed by atoms with Gasteiger partial charge in [0.2, 0.25) is 0 Å². The van der Waals surface area contributed by atoms with Crippen molar-refractivity contribution in [2.45, 2.75) is 0 Å². The lowest BCUT2D eigenvalue weighted by Gasteiger charge is -2.15. The van der Waals surface area contributed by atoms with E-state index in [2.05, 4.69) is 5.43 Å². The van der Waals surface area contributed by atoms with Crippen molar-refractivity contribution in [2.75, 3.05) is 0 Å². The Balaban J connectivity index is 1.56. The van der Waals surface area contributed by atoms with Crippen LogP contribution in [0.1, 0.15) is 15.2 Å². The summed E-state index contributed by atoms with van der Waals surface area (Å²) in [6.45, 7) is 0. The summed E-state index contributed by atoms with van der Waals surface area (Å²) in [4.78, 5) is 26.1. The molecule has 0 aliphatic carbocycles. The Kier molecular flexibility index (Phi) is 5.44. The van der Waals surface area contributed by atoms with Crippen LogP contribution >= 0.6 is 58.5 Å². The van der Waals surface area contributed by atoms with Crippen molar-refractivity contribution in [3.63, 3.8) is 0 Å². The van der Waals surface area contributed by atoms with Crippen LogP contribution in [0, 0.1) is 0 Å². The van der Waals surface area contributed by atoms with Gasteiger partial charge in [-0.15, -0.1) is 11.3 Å². The van der Waals surface area contributed by atoms with Gasteiger partial charge in [0.15, 0.2) is 4.32 Å². The minimum absolute atomic E-state index is 0.246. The molecule has 2 heterocycles. The Morgan fingerprint density at radius 2 is 1.82 bits per heavy atom. The number of carbonyl (C=O) groups excluding carboxylic acids is 2. The maximum Gasteiger partial charge on any atom is 0.285 e. The molecule has 1 aromatic heterocycles. The second kappa shape index (κ2) is 7.85. The van der Waals surface area contributed by atoms with E-state index in [4.69, 9.17) is 35.4 Å². The van der Waals surface area contributed by atoms with E-state index >= 15 is 0 Å². The predicted molar refractivity (Wildman–Crippen MR) is 121 cm³/mol. The van der Waals surface area contributed by atoms with Crippen molar-refractivity contribution in [1.29, 1.82) is 0 Å². The van der Waals surface area contributed by atoms with Crippen LogP contribution in [-0.2, 0) is 4.79 Å². The van der Waals surface area contributed by atoms with Gasteiger partial charge >= 0.3 is 0 Å². The average Bonchev–Trinajstić information content (AvgIpc) is 3.15. The third-order valence-corrected chi connectivity index (χ3v) is 7.14. The Hall–Kier alpha value is -1.90. The van der Waals surface area contributed by atoms with Crippen LogP contribution in [0.5, 0.6) is 0 Å². The van der Waals surface area contributed by atoms with Crippen molar-refractivity contribution in [3.05, 3.63) is 73.9 Å². The Labute approximate surface area is 184 Å². The van der Waals surface area contributed by atoms with E-state index in [1.807, 2.05) is 24.3 Å². The highest BCUT2D eigenvalue weighted by atomic mass is 35.5. The number of hydrogen-bond acceptors (Lipinski definition) is 5. The van der Waals surface area contributed by atoms with Gasteiger partial charge in [-0.2, -0.15) is 5.01 Å². The van der Waals surface area contributed by atoms with Gasteiger partial charge < -0.3 is 0 Å². The molecule has 2 amide bonds. The van der Waals surface area contributed by atoms with Crippen LogP contribution in [0.2, 0.25) is 10.0 Å². The zero-order valence-electron chi connectivity index (χ0n) is 13.9. The predicted octanol–water partition coefficient (Wildman–Crippen LogP) is 5.75. The van der Waals surface area contributed by atoms with E-state index < -0.39 is 11.8 Å². The molecule has 28 heavy (non-hydrogen) atoms. The van der Waals surface area contributed by atoms with Crippen molar-refractivity contribution >= 4 is 90.8 Å². The molecule has 0 spiro atoms. The molecule has 0 radical (unpaired) electrons. The SMILES string of the molecule is O=C(NN1C(=O)/C(=C/c2ccc(Cl)cc2)SC1=S)c1sc2ccccc2c1Cl. The molecule has 0 bridgehead atoms. The van der Waals surface area contributed by atoms with E-state index in [9.17, 15) is 9.59 Å². The Morgan fingerprint density at radius 3 is 2.54 bits per heavy atom. The number of nitrogens with zero attached hydrogens (tertiary/aromatic N) is 1.